The van der Waals surface area contributed by atoms with E-state index < -0.39 is 5.97 Å². The van der Waals surface area contributed by atoms with Crippen molar-refractivity contribution in [2.75, 3.05) is 27.4 Å². The minimum Gasteiger partial charge on any atom is -0.482 e. The van der Waals surface area contributed by atoms with Crippen LogP contribution in [0.2, 0.25) is 0 Å². The van der Waals surface area contributed by atoms with Crippen molar-refractivity contribution >= 4 is 5.97 Å². The molecule has 0 aliphatic carbocycles. The van der Waals surface area contributed by atoms with E-state index in [1.54, 1.807) is 30.3 Å². The Morgan fingerprint density at radius 3 is 2.19 bits per heavy atom. The predicted molar refractivity (Wildman–Crippen MR) is 93.0 cm³/mol. The highest BCUT2D eigenvalue weighted by atomic mass is 16.6. The van der Waals surface area contributed by atoms with Crippen LogP contribution in [-0.2, 0) is 9.53 Å². The third-order valence-corrected chi connectivity index (χ3v) is 3.23. The Balaban J connectivity index is 1.90. The first-order chi connectivity index (χ1) is 12.6. The van der Waals surface area contributed by atoms with Gasteiger partial charge in [-0.15, -0.1) is 0 Å². The van der Waals surface area contributed by atoms with Crippen molar-refractivity contribution in [2.45, 2.75) is 19.8 Å². The Hall–Kier alpha value is -3.03. The Bertz CT molecular complexity index is 683. The molecule has 0 atom stereocenters. The second kappa shape index (κ2) is 10.1. The van der Waals surface area contributed by atoms with Gasteiger partial charge in [0.15, 0.2) is 6.61 Å². The number of hydrogen-bond donors (Lipinski definition) is 0. The molecule has 0 bridgehead atoms. The molecule has 1 aromatic heterocycles. The van der Waals surface area contributed by atoms with Crippen LogP contribution in [0.4, 0.5) is 0 Å². The van der Waals surface area contributed by atoms with E-state index in [9.17, 15) is 4.79 Å². The maximum Gasteiger partial charge on any atom is 0.344 e. The zero-order valence-electron chi connectivity index (χ0n) is 15.1. The Kier molecular flexibility index (Phi) is 7.48. The number of aromatic nitrogens is 2. The van der Waals surface area contributed by atoms with Gasteiger partial charge in [-0.1, -0.05) is 13.3 Å². The third-order valence-electron chi connectivity index (χ3n) is 3.23. The van der Waals surface area contributed by atoms with E-state index >= 15 is 0 Å². The van der Waals surface area contributed by atoms with E-state index in [-0.39, 0.29) is 12.6 Å². The molecule has 0 saturated carbocycles. The molecule has 0 amide bonds. The fourth-order valence-electron chi connectivity index (χ4n) is 1.86. The summed E-state index contributed by atoms with van der Waals surface area (Å²) in [6, 6.07) is 8.33. The number of unbranched alkanes of at least 4 members (excludes halogenated alkanes) is 1. The van der Waals surface area contributed by atoms with Gasteiger partial charge in [0.05, 0.1) is 26.9 Å². The minimum atomic E-state index is -0.393. The van der Waals surface area contributed by atoms with Gasteiger partial charge < -0.3 is 23.7 Å². The van der Waals surface area contributed by atoms with E-state index in [2.05, 4.69) is 9.97 Å². The van der Waals surface area contributed by atoms with Gasteiger partial charge in [-0.3, -0.25) is 0 Å². The number of methoxy groups -OCH3 is 2. The molecule has 0 unspecified atom stereocenters. The van der Waals surface area contributed by atoms with Gasteiger partial charge in [0.25, 0.3) is 0 Å². The molecule has 26 heavy (non-hydrogen) atoms. The van der Waals surface area contributed by atoms with E-state index in [1.807, 2.05) is 6.92 Å². The minimum absolute atomic E-state index is 0.0920. The summed E-state index contributed by atoms with van der Waals surface area (Å²) in [7, 11) is 2.98. The fourth-order valence-corrected chi connectivity index (χ4v) is 1.86. The van der Waals surface area contributed by atoms with E-state index in [0.717, 1.165) is 12.8 Å². The maximum absolute atomic E-state index is 11.5. The number of carbonyl (C=O) groups is 1. The molecule has 2 aromatic rings. The fraction of sp³-hybridized carbons (Fsp3) is 0.389. The van der Waals surface area contributed by atoms with Crippen molar-refractivity contribution < 1.29 is 28.5 Å². The summed E-state index contributed by atoms with van der Waals surface area (Å²) in [5.74, 6) is 1.28. The van der Waals surface area contributed by atoms with Crippen LogP contribution >= 0.6 is 0 Å². The molecule has 0 aliphatic heterocycles. The molecule has 1 heterocycles. The molecule has 0 spiro atoms. The van der Waals surface area contributed by atoms with E-state index in [1.165, 1.54) is 14.2 Å². The molecule has 0 radical (unpaired) electrons. The Morgan fingerprint density at radius 2 is 1.62 bits per heavy atom. The number of ether oxygens (including phenoxy) is 5. The molecule has 140 valence electrons. The Morgan fingerprint density at radius 1 is 1.00 bits per heavy atom. The first-order valence-corrected chi connectivity index (χ1v) is 8.18. The predicted octanol–water partition coefficient (Wildman–Crippen LogP) is 3.01. The number of carbonyl (C=O) groups excluding carboxylic acids is 1. The summed E-state index contributed by atoms with van der Waals surface area (Å²) in [6.07, 6.45) is 1.81. The van der Waals surface area contributed by atoms with Crippen molar-refractivity contribution in [3.63, 3.8) is 0 Å². The monoisotopic (exact) mass is 362 g/mol. The van der Waals surface area contributed by atoms with Crippen molar-refractivity contribution in [3.05, 3.63) is 30.3 Å². The SMILES string of the molecule is CCCCOC(=O)COc1ccc(Oc2nc(OC)cc(OC)n2)cc1. The summed E-state index contributed by atoms with van der Waals surface area (Å²) in [5.41, 5.74) is 0. The van der Waals surface area contributed by atoms with Gasteiger partial charge >= 0.3 is 12.0 Å². The van der Waals surface area contributed by atoms with Crippen molar-refractivity contribution in [1.29, 1.82) is 0 Å². The van der Waals surface area contributed by atoms with Crippen LogP contribution in [0.3, 0.4) is 0 Å². The summed E-state index contributed by atoms with van der Waals surface area (Å²) in [4.78, 5) is 19.7. The van der Waals surface area contributed by atoms with E-state index in [0.29, 0.717) is 29.9 Å². The molecular weight excluding hydrogens is 340 g/mol. The van der Waals surface area contributed by atoms with E-state index in [4.69, 9.17) is 23.7 Å². The Labute approximate surface area is 152 Å². The third kappa shape index (κ3) is 6.12. The molecular formula is C18H22N2O6. The molecule has 1 aromatic carbocycles. The van der Waals surface area contributed by atoms with Crippen molar-refractivity contribution in [1.82, 2.24) is 9.97 Å². The van der Waals surface area contributed by atoms with Crippen molar-refractivity contribution in [2.24, 2.45) is 0 Å². The standard InChI is InChI=1S/C18H22N2O6/c1-4-5-10-24-17(21)12-25-13-6-8-14(9-7-13)26-18-19-15(22-2)11-16(20-18)23-3/h6-9,11H,4-5,10,12H2,1-3H3. The van der Waals surface area contributed by atoms with Crippen LogP contribution in [0.5, 0.6) is 29.3 Å². The first kappa shape index (κ1) is 19.3. The molecule has 8 nitrogen and oxygen atoms in total. The van der Waals surface area contributed by atoms with Crippen LogP contribution < -0.4 is 18.9 Å². The highest BCUT2D eigenvalue weighted by molar-refractivity contribution is 5.71. The van der Waals surface area contributed by atoms with Gasteiger partial charge in [-0.2, -0.15) is 9.97 Å². The van der Waals surface area contributed by atoms with Gasteiger partial charge in [0, 0.05) is 0 Å². The van der Waals surface area contributed by atoms with Crippen LogP contribution in [0.15, 0.2) is 30.3 Å². The molecule has 0 saturated heterocycles. The first-order valence-electron chi connectivity index (χ1n) is 8.18. The zero-order chi connectivity index (χ0) is 18.8. The molecule has 0 aliphatic rings. The lowest BCUT2D eigenvalue weighted by atomic mass is 10.3. The average molecular weight is 362 g/mol. The number of nitrogens with zero attached hydrogens (tertiary/aromatic N) is 2. The van der Waals surface area contributed by atoms with Gasteiger partial charge in [-0.05, 0) is 30.7 Å². The zero-order valence-corrected chi connectivity index (χ0v) is 15.1. The highest BCUT2D eigenvalue weighted by Gasteiger charge is 2.08. The maximum atomic E-state index is 11.5. The topological polar surface area (TPSA) is 89.0 Å². The lowest BCUT2D eigenvalue weighted by Gasteiger charge is -2.09. The number of rotatable bonds is 10. The summed E-state index contributed by atoms with van der Waals surface area (Å²) >= 11 is 0. The van der Waals surface area contributed by atoms with Gasteiger partial charge in [0.2, 0.25) is 11.8 Å². The van der Waals surface area contributed by atoms with Crippen LogP contribution in [0.1, 0.15) is 19.8 Å². The lowest BCUT2D eigenvalue weighted by molar-refractivity contribution is -0.146. The van der Waals surface area contributed by atoms with Crippen LogP contribution in [0, 0.1) is 0 Å². The lowest BCUT2D eigenvalue weighted by Crippen LogP contribution is -2.15. The van der Waals surface area contributed by atoms with Gasteiger partial charge in [-0.25, -0.2) is 4.79 Å². The summed E-state index contributed by atoms with van der Waals surface area (Å²) < 4.78 is 26.1. The molecule has 0 N–H and O–H groups in total. The normalized spacial score (nSPS) is 10.1. The molecule has 2 rings (SSSR count). The molecule has 0 fully saturated rings. The number of benzene rings is 1. The smallest absolute Gasteiger partial charge is 0.344 e. The summed E-state index contributed by atoms with van der Waals surface area (Å²) in [5, 5.41) is 0. The summed E-state index contributed by atoms with van der Waals surface area (Å²) in [6.45, 7) is 2.30. The average Bonchev–Trinajstić information content (AvgIpc) is 2.67. The number of esters is 1. The molecule has 8 heteroatoms. The second-order valence-corrected chi connectivity index (χ2v) is 5.17. The number of hydrogen-bond acceptors (Lipinski definition) is 8. The van der Waals surface area contributed by atoms with Crippen molar-refractivity contribution in [3.8, 4) is 29.3 Å². The largest absolute Gasteiger partial charge is 0.482 e. The quantitative estimate of drug-likeness (QED) is 0.471. The highest BCUT2D eigenvalue weighted by Crippen LogP contribution is 2.25. The van der Waals surface area contributed by atoms with Crippen LogP contribution in [-0.4, -0.2) is 43.4 Å². The van der Waals surface area contributed by atoms with Gasteiger partial charge in [0.1, 0.15) is 11.5 Å². The van der Waals surface area contributed by atoms with Crippen LogP contribution in [0.25, 0.3) is 0 Å². The second-order valence-electron chi connectivity index (χ2n) is 5.17.